The molecule has 0 aromatic carbocycles. The van der Waals surface area contributed by atoms with E-state index < -0.39 is 0 Å². The number of unbranched alkanes of at least 4 members (excludes halogenated alkanes) is 6. The smallest absolute Gasteiger partial charge is 0.0243 e. The lowest BCUT2D eigenvalue weighted by molar-refractivity contribution is 0.219. The molecule has 0 spiro atoms. The first-order valence-corrected chi connectivity index (χ1v) is 7.70. The van der Waals surface area contributed by atoms with Crippen LogP contribution in [-0.2, 0) is 0 Å². The first-order valence-electron chi connectivity index (χ1n) is 7.70. The van der Waals surface area contributed by atoms with E-state index in [1.807, 2.05) is 0 Å². The summed E-state index contributed by atoms with van der Waals surface area (Å²) in [5.41, 5.74) is 5.86. The highest BCUT2D eigenvalue weighted by atomic mass is 15.1. The Morgan fingerprint density at radius 3 is 2.18 bits per heavy atom. The minimum Gasteiger partial charge on any atom is -0.329 e. The minimum atomic E-state index is 0.662. The SMILES string of the molecule is CCCCCCCCCN(C)C(CN)C1CC1. The molecule has 2 N–H and O–H groups in total. The van der Waals surface area contributed by atoms with Crippen molar-refractivity contribution in [3.63, 3.8) is 0 Å². The van der Waals surface area contributed by atoms with Gasteiger partial charge in [-0.1, -0.05) is 45.4 Å². The van der Waals surface area contributed by atoms with E-state index >= 15 is 0 Å². The van der Waals surface area contributed by atoms with Gasteiger partial charge in [-0.05, 0) is 38.8 Å². The van der Waals surface area contributed by atoms with Gasteiger partial charge in [-0.2, -0.15) is 0 Å². The van der Waals surface area contributed by atoms with Crippen molar-refractivity contribution in [2.75, 3.05) is 20.1 Å². The van der Waals surface area contributed by atoms with Crippen LogP contribution in [-0.4, -0.2) is 31.1 Å². The molecule has 102 valence electrons. The van der Waals surface area contributed by atoms with E-state index in [1.165, 1.54) is 64.3 Å². The number of rotatable bonds is 11. The molecule has 1 aliphatic rings. The highest BCUT2D eigenvalue weighted by Gasteiger charge is 2.32. The van der Waals surface area contributed by atoms with E-state index in [1.54, 1.807) is 0 Å². The molecule has 1 rings (SSSR count). The van der Waals surface area contributed by atoms with Gasteiger partial charge in [0.1, 0.15) is 0 Å². The third kappa shape index (κ3) is 6.42. The summed E-state index contributed by atoms with van der Waals surface area (Å²) >= 11 is 0. The van der Waals surface area contributed by atoms with Gasteiger partial charge in [0.2, 0.25) is 0 Å². The Labute approximate surface area is 108 Å². The lowest BCUT2D eigenvalue weighted by Gasteiger charge is -2.26. The van der Waals surface area contributed by atoms with E-state index in [0.29, 0.717) is 6.04 Å². The van der Waals surface area contributed by atoms with Gasteiger partial charge in [0.25, 0.3) is 0 Å². The lowest BCUT2D eigenvalue weighted by atomic mass is 10.1. The zero-order valence-electron chi connectivity index (χ0n) is 12.0. The van der Waals surface area contributed by atoms with E-state index in [4.69, 9.17) is 5.73 Å². The Balaban J connectivity index is 1.94. The summed E-state index contributed by atoms with van der Waals surface area (Å²) in [6, 6.07) is 0.662. The van der Waals surface area contributed by atoms with Crippen LogP contribution in [0.15, 0.2) is 0 Å². The summed E-state index contributed by atoms with van der Waals surface area (Å²) in [7, 11) is 2.26. The Hall–Kier alpha value is -0.0800. The zero-order chi connectivity index (χ0) is 12.5. The molecule has 0 amide bonds. The third-order valence-electron chi connectivity index (χ3n) is 4.09. The van der Waals surface area contributed by atoms with Gasteiger partial charge in [0.05, 0.1) is 0 Å². The predicted octanol–water partition coefficient (Wildman–Crippen LogP) is 3.41. The van der Waals surface area contributed by atoms with E-state index in [9.17, 15) is 0 Å². The van der Waals surface area contributed by atoms with Crippen LogP contribution in [0.4, 0.5) is 0 Å². The number of nitrogens with zero attached hydrogens (tertiary/aromatic N) is 1. The fourth-order valence-corrected chi connectivity index (χ4v) is 2.70. The van der Waals surface area contributed by atoms with Crippen LogP contribution in [0.3, 0.4) is 0 Å². The molecule has 0 bridgehead atoms. The maximum absolute atomic E-state index is 5.86. The van der Waals surface area contributed by atoms with Crippen molar-refractivity contribution in [1.82, 2.24) is 4.90 Å². The van der Waals surface area contributed by atoms with Gasteiger partial charge in [-0.3, -0.25) is 0 Å². The van der Waals surface area contributed by atoms with Crippen molar-refractivity contribution in [2.24, 2.45) is 11.7 Å². The van der Waals surface area contributed by atoms with Gasteiger partial charge in [-0.25, -0.2) is 0 Å². The summed E-state index contributed by atoms with van der Waals surface area (Å²) < 4.78 is 0. The fraction of sp³-hybridized carbons (Fsp3) is 1.00. The molecular weight excluding hydrogens is 208 g/mol. The molecule has 17 heavy (non-hydrogen) atoms. The molecule has 2 heteroatoms. The van der Waals surface area contributed by atoms with Crippen molar-refractivity contribution < 1.29 is 0 Å². The Kier molecular flexibility index (Phi) is 7.87. The topological polar surface area (TPSA) is 29.3 Å². The fourth-order valence-electron chi connectivity index (χ4n) is 2.70. The second kappa shape index (κ2) is 8.93. The highest BCUT2D eigenvalue weighted by Crippen LogP contribution is 2.34. The van der Waals surface area contributed by atoms with Crippen LogP contribution >= 0.6 is 0 Å². The molecule has 1 unspecified atom stereocenters. The quantitative estimate of drug-likeness (QED) is 0.561. The maximum atomic E-state index is 5.86. The van der Waals surface area contributed by atoms with Gasteiger partial charge in [0, 0.05) is 12.6 Å². The van der Waals surface area contributed by atoms with Crippen LogP contribution in [0.5, 0.6) is 0 Å². The standard InChI is InChI=1S/C15H32N2/c1-3-4-5-6-7-8-9-12-17(2)15(13-16)14-10-11-14/h14-15H,3-13,16H2,1-2H3. The van der Waals surface area contributed by atoms with Gasteiger partial charge < -0.3 is 10.6 Å². The molecule has 0 aliphatic heterocycles. The first-order chi connectivity index (χ1) is 8.29. The molecular formula is C15H32N2. The van der Waals surface area contributed by atoms with E-state index in [0.717, 1.165) is 12.5 Å². The maximum Gasteiger partial charge on any atom is 0.0243 e. The molecule has 1 saturated carbocycles. The number of hydrogen-bond donors (Lipinski definition) is 1. The monoisotopic (exact) mass is 240 g/mol. The van der Waals surface area contributed by atoms with Crippen LogP contribution in [0.2, 0.25) is 0 Å². The second-order valence-electron chi connectivity index (χ2n) is 5.74. The predicted molar refractivity (Wildman–Crippen MR) is 76.2 cm³/mol. The van der Waals surface area contributed by atoms with E-state index in [2.05, 4.69) is 18.9 Å². The zero-order valence-corrected chi connectivity index (χ0v) is 12.0. The summed E-state index contributed by atoms with van der Waals surface area (Å²) in [4.78, 5) is 2.50. The van der Waals surface area contributed by atoms with Crippen LogP contribution in [0.25, 0.3) is 0 Å². The number of likely N-dealkylation sites (N-methyl/N-ethyl adjacent to an activating group) is 1. The molecule has 0 saturated heterocycles. The van der Waals surface area contributed by atoms with Crippen molar-refractivity contribution in [3.05, 3.63) is 0 Å². The number of nitrogens with two attached hydrogens (primary N) is 1. The summed E-state index contributed by atoms with van der Waals surface area (Å²) in [5, 5.41) is 0. The van der Waals surface area contributed by atoms with Crippen molar-refractivity contribution in [1.29, 1.82) is 0 Å². The Morgan fingerprint density at radius 1 is 1.06 bits per heavy atom. The Bertz CT molecular complexity index is 178. The van der Waals surface area contributed by atoms with Crippen molar-refractivity contribution in [3.8, 4) is 0 Å². The molecule has 1 fully saturated rings. The molecule has 0 aromatic rings. The largest absolute Gasteiger partial charge is 0.329 e. The summed E-state index contributed by atoms with van der Waals surface area (Å²) in [5.74, 6) is 0.912. The molecule has 1 atom stereocenters. The van der Waals surface area contributed by atoms with Crippen LogP contribution in [0.1, 0.15) is 64.7 Å². The molecule has 0 aromatic heterocycles. The Morgan fingerprint density at radius 2 is 1.65 bits per heavy atom. The molecule has 0 heterocycles. The van der Waals surface area contributed by atoms with Crippen molar-refractivity contribution >= 4 is 0 Å². The van der Waals surface area contributed by atoms with Crippen molar-refractivity contribution in [2.45, 2.75) is 70.8 Å². The number of hydrogen-bond acceptors (Lipinski definition) is 2. The molecule has 0 radical (unpaired) electrons. The normalized spacial score (nSPS) is 17.6. The van der Waals surface area contributed by atoms with Gasteiger partial charge in [0.15, 0.2) is 0 Å². The summed E-state index contributed by atoms with van der Waals surface area (Å²) in [6.45, 7) is 4.36. The second-order valence-corrected chi connectivity index (χ2v) is 5.74. The minimum absolute atomic E-state index is 0.662. The average Bonchev–Trinajstić information content (AvgIpc) is 3.13. The van der Waals surface area contributed by atoms with E-state index in [-0.39, 0.29) is 0 Å². The third-order valence-corrected chi connectivity index (χ3v) is 4.09. The lowest BCUT2D eigenvalue weighted by Crippen LogP contribution is -2.40. The van der Waals surface area contributed by atoms with Crippen LogP contribution in [0, 0.1) is 5.92 Å². The molecule has 1 aliphatic carbocycles. The average molecular weight is 240 g/mol. The van der Waals surface area contributed by atoms with Gasteiger partial charge in [-0.15, -0.1) is 0 Å². The summed E-state index contributed by atoms with van der Waals surface area (Å²) in [6.07, 6.45) is 12.6. The first kappa shape index (κ1) is 15.0. The van der Waals surface area contributed by atoms with Gasteiger partial charge >= 0.3 is 0 Å². The molecule has 2 nitrogen and oxygen atoms in total. The highest BCUT2D eigenvalue weighted by molar-refractivity contribution is 4.87. The van der Waals surface area contributed by atoms with Crippen LogP contribution < -0.4 is 5.73 Å².